The van der Waals surface area contributed by atoms with Crippen LogP contribution >= 0.6 is 0 Å². The molecule has 130 heavy (non-hydrogen) atoms. The van der Waals surface area contributed by atoms with Crippen molar-refractivity contribution in [3.63, 3.8) is 0 Å². The summed E-state index contributed by atoms with van der Waals surface area (Å²) >= 11 is 0. The van der Waals surface area contributed by atoms with Crippen LogP contribution in [0.5, 0.6) is 69.0 Å². The van der Waals surface area contributed by atoms with Gasteiger partial charge in [-0.1, -0.05) is 33.6 Å². The van der Waals surface area contributed by atoms with Gasteiger partial charge in [0.05, 0.1) is 59.2 Å². The molecular formula is C97H72F6N12O15. The maximum absolute atomic E-state index is 15.3. The number of carbonyl (C=O) groups excluding carboxylic acids is 3. The zero-order valence-electron chi connectivity index (χ0n) is 70.3. The highest BCUT2D eigenvalue weighted by Gasteiger charge is 2.33. The lowest BCUT2D eigenvalue weighted by Gasteiger charge is -2.16. The van der Waals surface area contributed by atoms with Gasteiger partial charge in [0.2, 0.25) is 17.5 Å². The maximum Gasteiger partial charge on any atom is 0.336 e. The molecule has 0 spiro atoms. The van der Waals surface area contributed by atoms with Crippen molar-refractivity contribution < 1.29 is 83.4 Å². The molecule has 3 amide bonds. The van der Waals surface area contributed by atoms with E-state index in [9.17, 15) is 41.9 Å². The first-order chi connectivity index (χ1) is 62.7. The predicted octanol–water partition coefficient (Wildman–Crippen LogP) is 21.1. The van der Waals surface area contributed by atoms with E-state index < -0.39 is 69.3 Å². The van der Waals surface area contributed by atoms with Gasteiger partial charge in [-0.05, 0) is 212 Å². The van der Waals surface area contributed by atoms with E-state index in [1.807, 2.05) is 13.8 Å². The molecule has 0 unspecified atom stereocenters. The largest absolute Gasteiger partial charge is 0.493 e. The van der Waals surface area contributed by atoms with Crippen LogP contribution in [0.2, 0.25) is 0 Å². The summed E-state index contributed by atoms with van der Waals surface area (Å²) in [5.74, 6) is -3.02. The quantitative estimate of drug-likeness (QED) is 0.0396. The Labute approximate surface area is 735 Å². The van der Waals surface area contributed by atoms with Gasteiger partial charge in [0, 0.05) is 88.2 Å². The first-order valence-electron chi connectivity index (χ1n) is 39.3. The second-order valence-electron chi connectivity index (χ2n) is 29.1. The Hall–Kier alpha value is -17.3. The second kappa shape index (κ2) is 38.5. The normalized spacial score (nSPS) is 11.3. The zero-order valence-corrected chi connectivity index (χ0v) is 70.3. The molecule has 27 nitrogen and oxygen atoms in total. The number of pyridine rings is 6. The molecule has 6 heterocycles. The number of halogens is 6. The van der Waals surface area contributed by atoms with Gasteiger partial charge in [0.15, 0.2) is 69.2 Å². The van der Waals surface area contributed by atoms with Crippen LogP contribution in [0.4, 0.5) is 60.9 Å². The van der Waals surface area contributed by atoms with Gasteiger partial charge >= 0.3 is 16.7 Å². The summed E-state index contributed by atoms with van der Waals surface area (Å²) in [6, 6.07) is 45.4. The van der Waals surface area contributed by atoms with E-state index in [2.05, 4.69) is 45.4 Å². The molecule has 9 aromatic carbocycles. The highest BCUT2D eigenvalue weighted by atomic mass is 19.1. The number of hydrogen-bond donors (Lipinski definition) is 3. The molecule has 0 bridgehead atoms. The number of nitrogens with one attached hydrogen (secondary N) is 3. The van der Waals surface area contributed by atoms with Crippen molar-refractivity contribution in [2.24, 2.45) is 0 Å². The van der Waals surface area contributed by atoms with Crippen molar-refractivity contribution in [2.45, 2.75) is 45.4 Å². The number of benzene rings is 9. The van der Waals surface area contributed by atoms with Gasteiger partial charge in [0.1, 0.15) is 68.5 Å². The summed E-state index contributed by atoms with van der Waals surface area (Å²) in [5, 5.41) is 9.32. The minimum absolute atomic E-state index is 0.0143. The molecule has 33 heteroatoms. The zero-order chi connectivity index (χ0) is 92.5. The molecule has 6 aromatic heterocycles. The number of rotatable bonds is 23. The maximum atomic E-state index is 15.3. The summed E-state index contributed by atoms with van der Waals surface area (Å²) in [5.41, 5.74) is 0.833. The van der Waals surface area contributed by atoms with E-state index in [0.717, 1.165) is 69.0 Å². The molecule has 0 radical (unpaired) electrons. The highest BCUT2D eigenvalue weighted by Crippen LogP contribution is 2.46. The van der Waals surface area contributed by atoms with E-state index in [-0.39, 0.29) is 97.4 Å². The number of fused-ring (bicyclic) bond motifs is 3. The van der Waals surface area contributed by atoms with Crippen molar-refractivity contribution in [1.82, 2.24) is 28.7 Å². The Morgan fingerprint density at radius 3 is 0.969 bits per heavy atom. The van der Waals surface area contributed by atoms with Crippen LogP contribution in [0, 0.1) is 61.5 Å². The minimum Gasteiger partial charge on any atom is -0.493 e. The molecule has 652 valence electrons. The van der Waals surface area contributed by atoms with Crippen LogP contribution in [-0.4, -0.2) is 89.0 Å². The smallest absolute Gasteiger partial charge is 0.336 e. The number of methoxy groups -OCH3 is 6. The summed E-state index contributed by atoms with van der Waals surface area (Å²) in [6.45, 7) is 28.1. The molecule has 3 N–H and O–H groups in total. The summed E-state index contributed by atoms with van der Waals surface area (Å²) < 4.78 is 139. The number of aryl methyl sites for hydroxylation is 1. The molecular weight excluding hydrogens is 1690 g/mol. The lowest BCUT2D eigenvalue weighted by atomic mass is 10.0. The average molecular weight is 1760 g/mol. The monoisotopic (exact) mass is 1760 g/mol. The Morgan fingerprint density at radius 1 is 0.369 bits per heavy atom. The van der Waals surface area contributed by atoms with E-state index in [4.69, 9.17) is 62.3 Å². The van der Waals surface area contributed by atoms with Crippen molar-refractivity contribution in [2.75, 3.05) is 58.6 Å². The van der Waals surface area contributed by atoms with E-state index in [1.165, 1.54) is 164 Å². The van der Waals surface area contributed by atoms with Crippen molar-refractivity contribution >= 4 is 84.9 Å². The van der Waals surface area contributed by atoms with Crippen molar-refractivity contribution in [3.05, 3.63) is 352 Å². The van der Waals surface area contributed by atoms with Gasteiger partial charge in [-0.2, -0.15) is 0 Å². The lowest BCUT2D eigenvalue weighted by Crippen LogP contribution is -2.29. The van der Waals surface area contributed by atoms with E-state index in [0.29, 0.717) is 101 Å². The molecule has 16 rings (SSSR count). The molecule has 0 saturated heterocycles. The van der Waals surface area contributed by atoms with Crippen LogP contribution in [0.3, 0.4) is 0 Å². The molecule has 1 fully saturated rings. The summed E-state index contributed by atoms with van der Waals surface area (Å²) in [6.07, 6.45) is 6.16. The fourth-order valence-corrected chi connectivity index (χ4v) is 14.0. The Bertz CT molecular complexity index is 7070. The van der Waals surface area contributed by atoms with Crippen LogP contribution < -0.4 is 75.3 Å². The summed E-state index contributed by atoms with van der Waals surface area (Å²) in [7, 11) is 9.00. The third-order valence-corrected chi connectivity index (χ3v) is 20.6. The third kappa shape index (κ3) is 18.7. The molecule has 0 atom stereocenters. The summed E-state index contributed by atoms with van der Waals surface area (Å²) in [4.78, 5) is 104. The highest BCUT2D eigenvalue weighted by molar-refractivity contribution is 6.06. The molecule has 15 aromatic rings. The Morgan fingerprint density at radius 2 is 0.669 bits per heavy atom. The fraction of sp³-hybridized carbons (Fsp3) is 0.134. The standard InChI is InChI=1S/C33H24F2N4O5.C33H26F2N4O5.C31H22F2N4O5/c1-36-31-22(18-4-5-18)15-24(33(41)39(31)21-9-6-19(34)7-10-21)32(40)38-20-8-11-28(25(35)14-20)44-27-12-13-37-26-17-30(43-3)29(42-2)16-23(26)27;1-18(2)22-15-24(33(41)39(31(22)36-3)21-9-6-19(34)7-10-21)32(40)38-20-8-11-28(25(35)14-20)44-27-12-13-37-26-17-30(43-5)29(42-4)16-23(26)27;1-17-13-22(31(39)37(29(17)34-2)20-8-5-18(32)6-9-20)30(38)36-19-7-10-26(23(33)14-19)42-25-11-12-35-24-16-28(41-4)27(40-3)15-21(24)25/h6-18H,4-5H2,2-3H3,(H,38,40);6-18H,1-2,4-5H3,(H,38,40);5-16H,1,3-4H3,(H,36,38). The minimum atomic E-state index is -0.815. The Balaban J connectivity index is 0.000000157. The number of anilines is 3. The molecule has 1 aliphatic rings. The van der Waals surface area contributed by atoms with E-state index >= 15 is 13.2 Å². The topological polar surface area (TPSA) is 288 Å². The lowest BCUT2D eigenvalue weighted by molar-refractivity contribution is 0.101. The number of nitrogens with zero attached hydrogens (tertiary/aromatic N) is 9. The Kier molecular flexibility index (Phi) is 26.3. The van der Waals surface area contributed by atoms with Crippen LogP contribution in [0.25, 0.3) is 64.3 Å². The van der Waals surface area contributed by atoms with Gasteiger partial charge in [-0.3, -0.25) is 29.3 Å². The number of amides is 3. The molecule has 0 aliphatic heterocycles. The first-order valence-corrected chi connectivity index (χ1v) is 39.3. The molecule has 1 aliphatic carbocycles. The number of aromatic nitrogens is 6. The number of hydrogen-bond acceptors (Lipinski definition) is 18. The SMILES string of the molecule is [C-]#[N+]c1c(C(C)C)cc(C(=O)Nc2ccc(Oc3ccnc4cc(OC)c(OC)cc34)c(F)c2)c(=O)n1-c1ccc(F)cc1.[C-]#[N+]c1c(C)cc(C(=O)Nc2ccc(Oc3ccnc4cc(OC)c(OC)cc34)c(F)c2)c(=O)n1-c1ccc(F)cc1.[C-]#[N+]c1c(C2CC2)cc(C(=O)Nc2ccc(Oc3ccnc4cc(OC)c(OC)cc34)c(F)c2)c(=O)n1-c1ccc(F)cc1. The number of ether oxygens (including phenoxy) is 9. The second-order valence-corrected chi connectivity index (χ2v) is 29.1. The third-order valence-electron chi connectivity index (χ3n) is 20.6. The number of carbonyl (C=O) groups is 3. The average Bonchev–Trinajstić information content (AvgIpc) is 1.53. The van der Waals surface area contributed by atoms with Crippen molar-refractivity contribution in [1.29, 1.82) is 0 Å². The van der Waals surface area contributed by atoms with Gasteiger partial charge in [-0.25, -0.2) is 54.4 Å². The van der Waals surface area contributed by atoms with Crippen LogP contribution in [0.15, 0.2) is 233 Å². The predicted molar refractivity (Wildman–Crippen MR) is 473 cm³/mol. The van der Waals surface area contributed by atoms with Gasteiger partial charge in [-0.15, -0.1) is 0 Å². The van der Waals surface area contributed by atoms with Crippen molar-refractivity contribution in [3.8, 4) is 86.1 Å². The van der Waals surface area contributed by atoms with Gasteiger partial charge in [0.25, 0.3) is 17.7 Å². The molecule has 1 saturated carbocycles. The van der Waals surface area contributed by atoms with Crippen LogP contribution in [0.1, 0.15) is 86.3 Å². The van der Waals surface area contributed by atoms with Crippen LogP contribution in [-0.2, 0) is 0 Å². The fourth-order valence-electron chi connectivity index (χ4n) is 14.0. The first kappa shape index (κ1) is 89.0. The van der Waals surface area contributed by atoms with E-state index in [1.54, 1.807) is 61.5 Å². The van der Waals surface area contributed by atoms with Gasteiger partial charge < -0.3 is 73.1 Å².